The van der Waals surface area contributed by atoms with E-state index in [-0.39, 0.29) is 0 Å². The lowest BCUT2D eigenvalue weighted by Crippen LogP contribution is -2.10. The molecule has 0 spiro atoms. The van der Waals surface area contributed by atoms with Crippen LogP contribution >= 0.6 is 0 Å². The van der Waals surface area contributed by atoms with Crippen LogP contribution in [0.25, 0.3) is 110 Å². The summed E-state index contributed by atoms with van der Waals surface area (Å²) in [6.45, 7) is 0. The molecule has 13 rings (SSSR count). The summed E-state index contributed by atoms with van der Waals surface area (Å²) in [6, 6.07) is 80.6. The van der Waals surface area contributed by atoms with Crippen molar-refractivity contribution in [2.75, 3.05) is 4.90 Å². The summed E-state index contributed by atoms with van der Waals surface area (Å²) in [7, 11) is 0. The molecule has 0 N–H and O–H groups in total. The first-order valence-corrected chi connectivity index (χ1v) is 21.5. The fourth-order valence-corrected chi connectivity index (χ4v) is 9.88. The Balaban J connectivity index is 0.953. The van der Waals surface area contributed by atoms with Gasteiger partial charge in [-0.1, -0.05) is 158 Å². The fraction of sp³-hybridized carbons (Fsp3) is 0. The highest BCUT2D eigenvalue weighted by atomic mass is 16.3. The molecule has 0 amide bonds. The molecule has 2 heterocycles. The maximum Gasteiger partial charge on any atom is 0.136 e. The second-order valence-electron chi connectivity index (χ2n) is 16.4. The molecule has 0 bridgehead atoms. The van der Waals surface area contributed by atoms with Crippen LogP contribution in [0, 0.1) is 0 Å². The smallest absolute Gasteiger partial charge is 0.136 e. The zero-order valence-electron chi connectivity index (χ0n) is 34.1. The third-order valence-electron chi connectivity index (χ3n) is 12.8. The SMILES string of the molecule is c1cc(-c2ccc3oc4ccc5ccc6oc7ccccc7c6c5c4c3c2)cc(N(c2ccc(-c3cccc4ccccc34)cc2)c2ccc(-c3cccc4ccccc34)cc2)c1. The van der Waals surface area contributed by atoms with Crippen molar-refractivity contribution >= 4 is 93.3 Å². The van der Waals surface area contributed by atoms with Crippen LogP contribution in [0.15, 0.2) is 233 Å². The maximum atomic E-state index is 6.56. The van der Waals surface area contributed by atoms with Gasteiger partial charge in [0.25, 0.3) is 0 Å². The van der Waals surface area contributed by atoms with Gasteiger partial charge in [0.05, 0.1) is 0 Å². The molecule has 63 heavy (non-hydrogen) atoms. The summed E-state index contributed by atoms with van der Waals surface area (Å²) in [5.41, 5.74) is 13.8. The fourth-order valence-electron chi connectivity index (χ4n) is 9.88. The molecule has 13 aromatic rings. The average Bonchev–Trinajstić information content (AvgIpc) is 3.93. The van der Waals surface area contributed by atoms with Gasteiger partial charge in [-0.25, -0.2) is 0 Å². The molecule has 0 aliphatic rings. The van der Waals surface area contributed by atoms with Crippen molar-refractivity contribution < 1.29 is 8.83 Å². The minimum atomic E-state index is 0.862. The van der Waals surface area contributed by atoms with Crippen LogP contribution in [0.3, 0.4) is 0 Å². The van der Waals surface area contributed by atoms with E-state index < -0.39 is 0 Å². The van der Waals surface area contributed by atoms with Gasteiger partial charge in [0, 0.05) is 44.0 Å². The Labute approximate surface area is 363 Å². The van der Waals surface area contributed by atoms with Crippen molar-refractivity contribution in [2.24, 2.45) is 0 Å². The molecule has 0 saturated heterocycles. The molecule has 2 aromatic heterocycles. The molecule has 294 valence electrons. The predicted octanol–water partition coefficient (Wildman–Crippen LogP) is 17.4. The quantitative estimate of drug-likeness (QED) is 0.168. The summed E-state index contributed by atoms with van der Waals surface area (Å²) in [5.74, 6) is 0. The summed E-state index contributed by atoms with van der Waals surface area (Å²) < 4.78 is 12.9. The molecular weight excluding hydrogens is 767 g/mol. The molecule has 0 aliphatic heterocycles. The highest BCUT2D eigenvalue weighted by molar-refractivity contribution is 6.31. The van der Waals surface area contributed by atoms with Crippen LogP contribution in [0.4, 0.5) is 17.1 Å². The average molecular weight is 804 g/mol. The second kappa shape index (κ2) is 14.1. The zero-order chi connectivity index (χ0) is 41.4. The van der Waals surface area contributed by atoms with Crippen LogP contribution in [-0.4, -0.2) is 0 Å². The first-order valence-electron chi connectivity index (χ1n) is 21.5. The third kappa shape index (κ3) is 5.75. The minimum Gasteiger partial charge on any atom is -0.456 e. The van der Waals surface area contributed by atoms with Crippen molar-refractivity contribution in [3.8, 4) is 33.4 Å². The second-order valence-corrected chi connectivity index (χ2v) is 16.4. The topological polar surface area (TPSA) is 29.5 Å². The standard InChI is InChI=1S/C60H37NO2/c1-3-16-48-38(10-1)12-8-19-50(48)40-22-29-45(30-23-40)61(46-31-24-41(25-32-46)51-20-9-13-39-11-2-4-17-49(39)51)47-15-7-14-43(36-47)44-28-33-55-53(37-44)60-57(63-55)35-27-42-26-34-56-59(58(42)60)52-18-5-6-21-54(52)62-56/h1-37H. The van der Waals surface area contributed by atoms with Crippen molar-refractivity contribution in [3.05, 3.63) is 224 Å². The number of anilines is 3. The van der Waals surface area contributed by atoms with Crippen molar-refractivity contribution in [1.82, 2.24) is 0 Å². The molecule has 0 unspecified atom stereocenters. The van der Waals surface area contributed by atoms with Crippen LogP contribution in [0.1, 0.15) is 0 Å². The summed E-state index contributed by atoms with van der Waals surface area (Å²) >= 11 is 0. The zero-order valence-corrected chi connectivity index (χ0v) is 34.1. The largest absolute Gasteiger partial charge is 0.456 e. The Kier molecular flexibility index (Phi) is 7.91. The van der Waals surface area contributed by atoms with E-state index in [9.17, 15) is 0 Å². The molecule has 3 heteroatoms. The van der Waals surface area contributed by atoms with Gasteiger partial charge in [-0.2, -0.15) is 0 Å². The van der Waals surface area contributed by atoms with E-state index in [1.807, 2.05) is 12.1 Å². The Morgan fingerprint density at radius 2 is 0.730 bits per heavy atom. The van der Waals surface area contributed by atoms with Gasteiger partial charge in [0.1, 0.15) is 22.3 Å². The Bertz CT molecular complexity index is 3770. The lowest BCUT2D eigenvalue weighted by atomic mass is 9.96. The highest BCUT2D eigenvalue weighted by Crippen LogP contribution is 2.44. The highest BCUT2D eigenvalue weighted by Gasteiger charge is 2.19. The first kappa shape index (κ1) is 35.4. The first-order chi connectivity index (χ1) is 31.2. The van der Waals surface area contributed by atoms with E-state index >= 15 is 0 Å². The van der Waals surface area contributed by atoms with Crippen molar-refractivity contribution in [2.45, 2.75) is 0 Å². The molecule has 0 aliphatic carbocycles. The van der Waals surface area contributed by atoms with Crippen molar-refractivity contribution in [3.63, 3.8) is 0 Å². The van der Waals surface area contributed by atoms with Gasteiger partial charge in [0.15, 0.2) is 0 Å². The molecule has 3 nitrogen and oxygen atoms in total. The van der Waals surface area contributed by atoms with E-state index in [4.69, 9.17) is 8.83 Å². The van der Waals surface area contributed by atoms with Crippen LogP contribution in [0.5, 0.6) is 0 Å². The molecule has 0 saturated carbocycles. The Morgan fingerprint density at radius 1 is 0.254 bits per heavy atom. The van der Waals surface area contributed by atoms with Gasteiger partial charge >= 0.3 is 0 Å². The van der Waals surface area contributed by atoms with E-state index in [1.165, 1.54) is 43.8 Å². The van der Waals surface area contributed by atoms with Gasteiger partial charge in [-0.3, -0.25) is 0 Å². The summed E-state index contributed by atoms with van der Waals surface area (Å²) in [5, 5.41) is 11.7. The molecule has 11 aromatic carbocycles. The lowest BCUT2D eigenvalue weighted by Gasteiger charge is -2.26. The number of hydrogen-bond acceptors (Lipinski definition) is 3. The number of fused-ring (bicyclic) bond motifs is 11. The van der Waals surface area contributed by atoms with Gasteiger partial charge < -0.3 is 13.7 Å². The predicted molar refractivity (Wildman–Crippen MR) is 265 cm³/mol. The van der Waals surface area contributed by atoms with Gasteiger partial charge in [0.2, 0.25) is 0 Å². The number of para-hydroxylation sites is 1. The van der Waals surface area contributed by atoms with Crippen LogP contribution in [-0.2, 0) is 0 Å². The monoisotopic (exact) mass is 803 g/mol. The lowest BCUT2D eigenvalue weighted by molar-refractivity contribution is 0.669. The summed E-state index contributed by atoms with van der Waals surface area (Å²) in [4.78, 5) is 2.36. The molecule has 0 radical (unpaired) electrons. The van der Waals surface area contributed by atoms with E-state index in [0.29, 0.717) is 0 Å². The number of rotatable bonds is 6. The van der Waals surface area contributed by atoms with Crippen LogP contribution in [0.2, 0.25) is 0 Å². The minimum absolute atomic E-state index is 0.862. The number of nitrogens with zero attached hydrogens (tertiary/aromatic N) is 1. The van der Waals surface area contributed by atoms with E-state index in [2.05, 4.69) is 217 Å². The maximum absolute atomic E-state index is 6.56. The molecule has 0 atom stereocenters. The van der Waals surface area contributed by atoms with Gasteiger partial charge in [-0.15, -0.1) is 0 Å². The number of hydrogen-bond donors (Lipinski definition) is 0. The number of furan rings is 2. The third-order valence-corrected chi connectivity index (χ3v) is 12.8. The van der Waals surface area contributed by atoms with Gasteiger partial charge in [-0.05, 0) is 127 Å². The normalized spacial score (nSPS) is 11.8. The van der Waals surface area contributed by atoms with E-state index in [1.54, 1.807) is 0 Å². The molecular formula is C60H37NO2. The Hall–Kier alpha value is -8.40. The Morgan fingerprint density at radius 3 is 1.37 bits per heavy atom. The van der Waals surface area contributed by atoms with E-state index in [0.717, 1.165) is 82.8 Å². The van der Waals surface area contributed by atoms with Crippen LogP contribution < -0.4 is 4.90 Å². The summed E-state index contributed by atoms with van der Waals surface area (Å²) in [6.07, 6.45) is 0. The van der Waals surface area contributed by atoms with Crippen molar-refractivity contribution in [1.29, 1.82) is 0 Å². The number of benzene rings is 11. The molecule has 0 fully saturated rings.